The summed E-state index contributed by atoms with van der Waals surface area (Å²) >= 11 is 3.62. The van der Waals surface area contributed by atoms with E-state index in [1.807, 2.05) is 55.5 Å². The number of carbonyl (C=O) groups is 1. The second-order valence-corrected chi connectivity index (χ2v) is 8.40. The fraction of sp³-hybridized carbons (Fsp3) is 0.240. The Morgan fingerprint density at radius 3 is 2.45 bits per heavy atom. The van der Waals surface area contributed by atoms with Crippen LogP contribution in [0.3, 0.4) is 0 Å². The molecule has 0 saturated heterocycles. The molecule has 0 radical (unpaired) electrons. The Labute approximate surface area is 191 Å². The summed E-state index contributed by atoms with van der Waals surface area (Å²) < 4.78 is 11.7. The second-order valence-electron chi connectivity index (χ2n) is 7.48. The number of carbonyl (C=O) groups excluding carboxylic acids is 1. The number of fused-ring (bicyclic) bond motifs is 1. The van der Waals surface area contributed by atoms with Crippen molar-refractivity contribution in [3.63, 3.8) is 0 Å². The lowest BCUT2D eigenvalue weighted by Crippen LogP contribution is -3.15. The zero-order chi connectivity index (χ0) is 21.8. The maximum atomic E-state index is 12.6. The van der Waals surface area contributed by atoms with Crippen molar-refractivity contribution >= 4 is 27.6 Å². The molecule has 31 heavy (non-hydrogen) atoms. The van der Waals surface area contributed by atoms with Gasteiger partial charge in [-0.1, -0.05) is 46.3 Å². The molecule has 0 aliphatic carbocycles. The molecule has 6 heteroatoms. The number of hydrogen-bond acceptors (Lipinski definition) is 4. The average Bonchev–Trinajstić information content (AvgIpc) is 2.79. The van der Waals surface area contributed by atoms with Gasteiger partial charge in [-0.3, -0.25) is 4.90 Å². The van der Waals surface area contributed by atoms with E-state index in [4.69, 9.17) is 9.47 Å². The van der Waals surface area contributed by atoms with E-state index in [1.54, 1.807) is 7.11 Å². The number of methoxy groups -OCH3 is 1. The first-order valence-corrected chi connectivity index (χ1v) is 11.2. The average molecular weight is 482 g/mol. The number of ether oxygens (including phenoxy) is 2. The van der Waals surface area contributed by atoms with Crippen molar-refractivity contribution in [3.05, 3.63) is 94.0 Å². The van der Waals surface area contributed by atoms with E-state index in [9.17, 15) is 4.79 Å². The molecule has 0 amide bonds. The van der Waals surface area contributed by atoms with E-state index in [1.165, 1.54) is 0 Å². The van der Waals surface area contributed by atoms with Gasteiger partial charge in [-0.25, -0.2) is 4.79 Å². The Bertz CT molecular complexity index is 1040. The van der Waals surface area contributed by atoms with Gasteiger partial charge in [-0.15, -0.1) is 0 Å². The molecule has 1 aliphatic heterocycles. The minimum atomic E-state index is -0.211. The lowest BCUT2D eigenvalue weighted by molar-refractivity contribution is -0.947. The maximum absolute atomic E-state index is 12.6. The van der Waals surface area contributed by atoms with Crippen LogP contribution in [0.15, 0.2) is 77.3 Å². The topological polar surface area (TPSA) is 52.0 Å². The molecule has 3 aromatic rings. The number of nitrogens with one attached hydrogen (secondary N) is 2. The third-order valence-corrected chi connectivity index (χ3v) is 6.10. The van der Waals surface area contributed by atoms with Gasteiger partial charge in [0.2, 0.25) is 0 Å². The van der Waals surface area contributed by atoms with E-state index in [2.05, 4.69) is 45.5 Å². The predicted octanol–water partition coefficient (Wildman–Crippen LogP) is 4.12. The van der Waals surface area contributed by atoms with Gasteiger partial charge in [-0.2, -0.15) is 0 Å². The highest BCUT2D eigenvalue weighted by atomic mass is 79.9. The number of anilines is 1. The molecule has 5 nitrogen and oxygen atoms in total. The molecule has 1 aliphatic rings. The van der Waals surface area contributed by atoms with Crippen LogP contribution in [-0.4, -0.2) is 26.2 Å². The number of halogens is 1. The summed E-state index contributed by atoms with van der Waals surface area (Å²) in [5.41, 5.74) is 4.44. The number of quaternary nitrogens is 1. The number of benzene rings is 3. The van der Waals surface area contributed by atoms with Crippen molar-refractivity contribution in [1.29, 1.82) is 0 Å². The van der Waals surface area contributed by atoms with Crippen molar-refractivity contribution in [2.75, 3.05) is 25.6 Å². The van der Waals surface area contributed by atoms with Gasteiger partial charge in [0.15, 0.2) is 12.7 Å². The molecule has 3 atom stereocenters. The number of esters is 1. The molecule has 3 aromatic carbocycles. The molecular weight excluding hydrogens is 456 g/mol. The largest absolute Gasteiger partial charge is 0.497 e. The molecular formula is C25H26BrN2O3+. The smallest absolute Gasteiger partial charge is 0.361 e. The SMILES string of the molecule is CCOC(=O)C[NH+]1[C@@H](c2ccccc2)c2cc(Br)ccc2N[C@H]1c1ccc(OC)cc1. The summed E-state index contributed by atoms with van der Waals surface area (Å²) in [5, 5.41) is 3.67. The van der Waals surface area contributed by atoms with Crippen LogP contribution in [0, 0.1) is 0 Å². The van der Waals surface area contributed by atoms with Gasteiger partial charge in [-0.05, 0) is 49.4 Å². The third kappa shape index (κ3) is 4.60. The van der Waals surface area contributed by atoms with E-state index in [0.29, 0.717) is 6.61 Å². The summed E-state index contributed by atoms with van der Waals surface area (Å²) in [6, 6.07) is 24.6. The quantitative estimate of drug-likeness (QED) is 0.520. The highest BCUT2D eigenvalue weighted by Gasteiger charge is 2.41. The summed E-state index contributed by atoms with van der Waals surface area (Å²) in [7, 11) is 1.66. The monoisotopic (exact) mass is 481 g/mol. The van der Waals surface area contributed by atoms with Gasteiger partial charge in [0.25, 0.3) is 0 Å². The highest BCUT2D eigenvalue weighted by Crippen LogP contribution is 2.35. The lowest BCUT2D eigenvalue weighted by atomic mass is 9.91. The van der Waals surface area contributed by atoms with Crippen molar-refractivity contribution in [1.82, 2.24) is 0 Å². The third-order valence-electron chi connectivity index (χ3n) is 5.60. The molecule has 0 bridgehead atoms. The molecule has 0 fully saturated rings. The Hall–Kier alpha value is -2.83. The Morgan fingerprint density at radius 1 is 1.03 bits per heavy atom. The normalized spacial score (nSPS) is 19.8. The molecule has 0 saturated carbocycles. The van der Waals surface area contributed by atoms with Crippen LogP contribution in [0.25, 0.3) is 0 Å². The molecule has 4 rings (SSSR count). The van der Waals surface area contributed by atoms with Crippen LogP contribution >= 0.6 is 15.9 Å². The molecule has 1 unspecified atom stereocenters. The standard InChI is InChI=1S/C25H25BrN2O3/c1-3-31-23(29)16-28-24(17-7-5-4-6-8-17)21-15-19(26)11-14-22(21)27-25(28)18-9-12-20(30-2)13-10-18/h4-15,24-25,27H,3,16H2,1-2H3/p+1/t24-,25+/m0/s1. The molecule has 0 aromatic heterocycles. The zero-order valence-corrected chi connectivity index (χ0v) is 19.2. The van der Waals surface area contributed by atoms with Crippen LogP contribution < -0.4 is 15.0 Å². The second kappa shape index (κ2) is 9.54. The molecule has 160 valence electrons. The molecule has 2 N–H and O–H groups in total. The minimum absolute atomic E-state index is 0.0357. The van der Waals surface area contributed by atoms with Crippen molar-refractivity contribution in [3.8, 4) is 5.75 Å². The highest BCUT2D eigenvalue weighted by molar-refractivity contribution is 9.10. The summed E-state index contributed by atoms with van der Waals surface area (Å²) in [6.45, 7) is 2.44. The van der Waals surface area contributed by atoms with Gasteiger partial charge in [0.05, 0.1) is 13.7 Å². The first-order valence-electron chi connectivity index (χ1n) is 10.4. The predicted molar refractivity (Wildman–Crippen MR) is 124 cm³/mol. The van der Waals surface area contributed by atoms with E-state index < -0.39 is 0 Å². The van der Waals surface area contributed by atoms with Crippen LogP contribution in [0.4, 0.5) is 5.69 Å². The van der Waals surface area contributed by atoms with Gasteiger partial charge in [0, 0.05) is 26.9 Å². The maximum Gasteiger partial charge on any atom is 0.361 e. The molecule has 0 spiro atoms. The summed E-state index contributed by atoms with van der Waals surface area (Å²) in [6.07, 6.45) is -0.130. The van der Waals surface area contributed by atoms with Crippen molar-refractivity contribution < 1.29 is 19.2 Å². The summed E-state index contributed by atoms with van der Waals surface area (Å²) in [5.74, 6) is 0.590. The van der Waals surface area contributed by atoms with Crippen molar-refractivity contribution in [2.24, 2.45) is 0 Å². The fourth-order valence-electron chi connectivity index (χ4n) is 4.23. The van der Waals surface area contributed by atoms with Crippen LogP contribution in [0.2, 0.25) is 0 Å². The van der Waals surface area contributed by atoms with Gasteiger partial charge in [0.1, 0.15) is 11.8 Å². The first kappa shape index (κ1) is 21.4. The summed E-state index contributed by atoms with van der Waals surface area (Å²) in [4.78, 5) is 13.7. The van der Waals surface area contributed by atoms with E-state index in [0.717, 1.165) is 37.5 Å². The Kier molecular flexibility index (Phi) is 6.59. The molecule has 1 heterocycles. The Balaban J connectivity index is 1.85. The van der Waals surface area contributed by atoms with Crippen LogP contribution in [0.1, 0.15) is 35.8 Å². The zero-order valence-electron chi connectivity index (χ0n) is 17.6. The van der Waals surface area contributed by atoms with E-state index in [-0.39, 0.29) is 24.7 Å². The minimum Gasteiger partial charge on any atom is -0.497 e. The van der Waals surface area contributed by atoms with Crippen molar-refractivity contribution in [2.45, 2.75) is 19.1 Å². The van der Waals surface area contributed by atoms with E-state index >= 15 is 0 Å². The van der Waals surface area contributed by atoms with Gasteiger partial charge < -0.3 is 14.8 Å². The van der Waals surface area contributed by atoms with Gasteiger partial charge >= 0.3 is 5.97 Å². The first-order chi connectivity index (χ1) is 15.1. The lowest BCUT2D eigenvalue weighted by Gasteiger charge is -2.41. The number of rotatable bonds is 6. The van der Waals surface area contributed by atoms with Crippen LogP contribution in [0.5, 0.6) is 5.75 Å². The fourth-order valence-corrected chi connectivity index (χ4v) is 4.61. The number of hydrogen-bond donors (Lipinski definition) is 2. The van der Waals surface area contributed by atoms with Crippen LogP contribution in [-0.2, 0) is 9.53 Å². The Morgan fingerprint density at radius 2 is 1.77 bits per heavy atom.